The van der Waals surface area contributed by atoms with Gasteiger partial charge in [0.2, 0.25) is 0 Å². The molecule has 16 heavy (non-hydrogen) atoms. The van der Waals surface area contributed by atoms with Crippen molar-refractivity contribution in [3.8, 4) is 11.8 Å². The van der Waals surface area contributed by atoms with Gasteiger partial charge < -0.3 is 0 Å². The van der Waals surface area contributed by atoms with Crippen LogP contribution >= 0.6 is 0 Å². The van der Waals surface area contributed by atoms with Gasteiger partial charge in [-0.05, 0) is 46.2 Å². The molecule has 0 saturated carbocycles. The molecule has 1 aliphatic rings. The number of carbonyl (C=O) groups excluding carboxylic acids is 1. The second-order valence-corrected chi connectivity index (χ2v) is 4.67. The molecule has 1 atom stereocenters. The largest absolute Gasteiger partial charge is 0.298 e. The molecule has 0 amide bonds. The van der Waals surface area contributed by atoms with Gasteiger partial charge in [-0.2, -0.15) is 0 Å². The molecule has 0 aromatic heterocycles. The second kappa shape index (κ2) is 6.06. The highest BCUT2D eigenvalue weighted by Gasteiger charge is 2.37. The fourth-order valence-corrected chi connectivity index (χ4v) is 2.38. The Labute approximate surface area is 99.4 Å². The van der Waals surface area contributed by atoms with E-state index in [2.05, 4.69) is 30.6 Å². The van der Waals surface area contributed by atoms with Crippen LogP contribution in [0.3, 0.4) is 0 Å². The van der Waals surface area contributed by atoms with E-state index in [9.17, 15) is 4.79 Å². The summed E-state index contributed by atoms with van der Waals surface area (Å²) in [4.78, 5) is 14.6. The van der Waals surface area contributed by atoms with Gasteiger partial charge in [0.15, 0.2) is 5.78 Å². The lowest BCUT2D eigenvalue weighted by molar-refractivity contribution is -0.130. The lowest BCUT2D eigenvalue weighted by atomic mass is 9.88. The summed E-state index contributed by atoms with van der Waals surface area (Å²) in [5.41, 5.74) is -0.244. The summed E-state index contributed by atoms with van der Waals surface area (Å²) in [6, 6.07) is 0. The highest BCUT2D eigenvalue weighted by Crippen LogP contribution is 2.26. The fraction of sp³-hybridized carbons (Fsp3) is 0.786. The van der Waals surface area contributed by atoms with Crippen molar-refractivity contribution in [3.05, 3.63) is 0 Å². The number of hydrogen-bond donors (Lipinski definition) is 0. The Hall–Kier alpha value is -0.810. The highest BCUT2D eigenvalue weighted by molar-refractivity contribution is 5.88. The Morgan fingerprint density at radius 3 is 2.50 bits per heavy atom. The standard InChI is InChI=1S/C14H23NO/c1-4-6-7-10-13(16)14(3,5-2)15-11-8-9-12-15/h5,7-12H2,1-3H3. The number of hydrogen-bond acceptors (Lipinski definition) is 2. The Balaban J connectivity index is 2.61. The van der Waals surface area contributed by atoms with Crippen molar-refractivity contribution in [3.63, 3.8) is 0 Å². The number of rotatable bonds is 5. The first kappa shape index (κ1) is 13.3. The number of ketones is 1. The van der Waals surface area contributed by atoms with Crippen LogP contribution in [-0.2, 0) is 4.79 Å². The van der Waals surface area contributed by atoms with Crippen molar-refractivity contribution in [1.29, 1.82) is 0 Å². The van der Waals surface area contributed by atoms with Gasteiger partial charge in [0.1, 0.15) is 0 Å². The summed E-state index contributed by atoms with van der Waals surface area (Å²) in [5.74, 6) is 6.18. The SMILES string of the molecule is CC#CCCC(=O)C(C)(CC)N1CCCC1. The van der Waals surface area contributed by atoms with E-state index in [0.717, 1.165) is 19.5 Å². The topological polar surface area (TPSA) is 20.3 Å². The minimum atomic E-state index is -0.244. The first-order chi connectivity index (χ1) is 7.65. The predicted octanol–water partition coefficient (Wildman–Crippen LogP) is 2.62. The molecule has 1 fully saturated rings. The molecule has 1 unspecified atom stereocenters. The summed E-state index contributed by atoms with van der Waals surface area (Å²) < 4.78 is 0. The zero-order valence-corrected chi connectivity index (χ0v) is 10.8. The van der Waals surface area contributed by atoms with Crippen LogP contribution < -0.4 is 0 Å². The van der Waals surface area contributed by atoms with Crippen molar-refractivity contribution in [2.24, 2.45) is 0 Å². The summed E-state index contributed by atoms with van der Waals surface area (Å²) in [5, 5.41) is 0. The van der Waals surface area contributed by atoms with Crippen LogP contribution in [0.25, 0.3) is 0 Å². The summed E-state index contributed by atoms with van der Waals surface area (Å²) in [7, 11) is 0. The number of Topliss-reactive ketones (excluding diaryl/α,β-unsaturated/α-hetero) is 1. The molecule has 0 N–H and O–H groups in total. The molecule has 2 nitrogen and oxygen atoms in total. The summed E-state index contributed by atoms with van der Waals surface area (Å²) in [6.07, 6.45) is 4.68. The summed E-state index contributed by atoms with van der Waals surface area (Å²) >= 11 is 0. The number of carbonyl (C=O) groups is 1. The van der Waals surface area contributed by atoms with E-state index >= 15 is 0 Å². The van der Waals surface area contributed by atoms with Crippen LogP contribution in [-0.4, -0.2) is 29.3 Å². The molecule has 2 heteroatoms. The molecule has 0 radical (unpaired) electrons. The van der Waals surface area contributed by atoms with Crippen LogP contribution in [0.5, 0.6) is 0 Å². The van der Waals surface area contributed by atoms with Crippen molar-refractivity contribution < 1.29 is 4.79 Å². The zero-order chi connectivity index (χ0) is 12.0. The lowest BCUT2D eigenvalue weighted by Gasteiger charge is -2.36. The minimum absolute atomic E-state index is 0.244. The van der Waals surface area contributed by atoms with Crippen LogP contribution in [0.2, 0.25) is 0 Å². The fourth-order valence-electron chi connectivity index (χ4n) is 2.38. The zero-order valence-electron chi connectivity index (χ0n) is 10.8. The second-order valence-electron chi connectivity index (χ2n) is 4.67. The van der Waals surface area contributed by atoms with Crippen molar-refractivity contribution in [1.82, 2.24) is 4.90 Å². The molecule has 1 heterocycles. The number of likely N-dealkylation sites (tertiary alicyclic amines) is 1. The Morgan fingerprint density at radius 2 is 2.00 bits per heavy atom. The van der Waals surface area contributed by atoms with E-state index in [1.165, 1.54) is 12.8 Å². The number of nitrogens with zero attached hydrogens (tertiary/aromatic N) is 1. The van der Waals surface area contributed by atoms with Gasteiger partial charge in [0.25, 0.3) is 0 Å². The van der Waals surface area contributed by atoms with Crippen LogP contribution in [0, 0.1) is 11.8 Å². The average Bonchev–Trinajstić information content (AvgIpc) is 2.82. The molecule has 1 rings (SSSR count). The molecule has 0 aliphatic carbocycles. The smallest absolute Gasteiger partial charge is 0.153 e. The maximum absolute atomic E-state index is 12.2. The lowest BCUT2D eigenvalue weighted by Crippen LogP contribution is -2.50. The van der Waals surface area contributed by atoms with Gasteiger partial charge in [0.05, 0.1) is 5.54 Å². The van der Waals surface area contributed by atoms with E-state index in [1.54, 1.807) is 0 Å². The first-order valence-corrected chi connectivity index (χ1v) is 6.33. The van der Waals surface area contributed by atoms with Crippen molar-refractivity contribution in [2.75, 3.05) is 13.1 Å². The molecule has 0 aromatic carbocycles. The summed E-state index contributed by atoms with van der Waals surface area (Å²) in [6.45, 7) is 8.19. The van der Waals surface area contributed by atoms with Gasteiger partial charge in [0, 0.05) is 12.8 Å². The first-order valence-electron chi connectivity index (χ1n) is 6.33. The third kappa shape index (κ3) is 2.86. The van der Waals surface area contributed by atoms with E-state index in [1.807, 2.05) is 6.92 Å². The van der Waals surface area contributed by atoms with E-state index in [0.29, 0.717) is 18.6 Å². The van der Waals surface area contributed by atoms with Gasteiger partial charge in [-0.15, -0.1) is 11.8 Å². The van der Waals surface area contributed by atoms with Crippen molar-refractivity contribution in [2.45, 2.75) is 58.4 Å². The van der Waals surface area contributed by atoms with E-state index in [-0.39, 0.29) is 5.54 Å². The Bertz CT molecular complexity index is 294. The van der Waals surface area contributed by atoms with Gasteiger partial charge in [-0.1, -0.05) is 6.92 Å². The molecular formula is C14H23NO. The Morgan fingerprint density at radius 1 is 1.38 bits per heavy atom. The molecule has 0 aromatic rings. The maximum atomic E-state index is 12.2. The molecule has 0 bridgehead atoms. The normalized spacial score (nSPS) is 19.9. The van der Waals surface area contributed by atoms with Crippen LogP contribution in [0.1, 0.15) is 52.9 Å². The minimum Gasteiger partial charge on any atom is -0.298 e. The molecular weight excluding hydrogens is 198 g/mol. The molecule has 1 saturated heterocycles. The van der Waals surface area contributed by atoms with E-state index < -0.39 is 0 Å². The van der Waals surface area contributed by atoms with Gasteiger partial charge in [-0.3, -0.25) is 9.69 Å². The Kier molecular flexibility index (Phi) is 5.02. The monoisotopic (exact) mass is 221 g/mol. The molecule has 0 spiro atoms. The van der Waals surface area contributed by atoms with Crippen molar-refractivity contribution >= 4 is 5.78 Å². The molecule has 1 aliphatic heterocycles. The van der Waals surface area contributed by atoms with Gasteiger partial charge in [-0.25, -0.2) is 0 Å². The quantitative estimate of drug-likeness (QED) is 0.665. The third-order valence-electron chi connectivity index (χ3n) is 3.75. The van der Waals surface area contributed by atoms with Gasteiger partial charge >= 0.3 is 0 Å². The highest BCUT2D eigenvalue weighted by atomic mass is 16.1. The van der Waals surface area contributed by atoms with Crippen LogP contribution in [0.15, 0.2) is 0 Å². The maximum Gasteiger partial charge on any atom is 0.153 e. The van der Waals surface area contributed by atoms with Crippen LogP contribution in [0.4, 0.5) is 0 Å². The average molecular weight is 221 g/mol. The predicted molar refractivity (Wildman–Crippen MR) is 67.2 cm³/mol. The third-order valence-corrected chi connectivity index (χ3v) is 3.75. The molecule has 90 valence electrons. The van der Waals surface area contributed by atoms with E-state index in [4.69, 9.17) is 0 Å².